The van der Waals surface area contributed by atoms with E-state index in [0.29, 0.717) is 39.8 Å². The number of anilines is 1. The zero-order chi connectivity index (χ0) is 30.3. The molecule has 0 heterocycles. The van der Waals surface area contributed by atoms with E-state index in [2.05, 4.69) is 5.32 Å². The fraction of sp³-hybridized carbons (Fsp3) is 0.355. The maximum Gasteiger partial charge on any atom is 0.264 e. The number of aryl methyl sites for hydroxylation is 2. The summed E-state index contributed by atoms with van der Waals surface area (Å²) < 4.78 is 29.1. The van der Waals surface area contributed by atoms with E-state index in [1.807, 2.05) is 32.9 Å². The first-order valence-electron chi connectivity index (χ1n) is 13.5. The van der Waals surface area contributed by atoms with E-state index in [-0.39, 0.29) is 23.3 Å². The third-order valence-electron chi connectivity index (χ3n) is 6.70. The summed E-state index contributed by atoms with van der Waals surface area (Å²) in [6, 6.07) is 17.6. The summed E-state index contributed by atoms with van der Waals surface area (Å²) >= 11 is 12.9. The molecule has 0 aromatic heterocycles. The molecule has 3 rings (SSSR count). The van der Waals surface area contributed by atoms with Gasteiger partial charge in [-0.2, -0.15) is 0 Å². The van der Waals surface area contributed by atoms with E-state index in [9.17, 15) is 18.0 Å². The monoisotopic (exact) mass is 617 g/mol. The predicted molar refractivity (Wildman–Crippen MR) is 166 cm³/mol. The Morgan fingerprint density at radius 2 is 1.56 bits per heavy atom. The summed E-state index contributed by atoms with van der Waals surface area (Å²) in [6.07, 6.45) is 0.298. The molecule has 7 nitrogen and oxygen atoms in total. The topological polar surface area (TPSA) is 86.8 Å². The molecule has 0 aliphatic heterocycles. The molecule has 1 atom stereocenters. The first-order valence-corrected chi connectivity index (χ1v) is 15.7. The second kappa shape index (κ2) is 14.2. The summed E-state index contributed by atoms with van der Waals surface area (Å²) in [5.41, 5.74) is 2.38. The van der Waals surface area contributed by atoms with Crippen molar-refractivity contribution in [3.05, 3.63) is 93.5 Å². The maximum absolute atomic E-state index is 14.2. The lowest BCUT2D eigenvalue weighted by Crippen LogP contribution is -2.52. The molecule has 0 bridgehead atoms. The van der Waals surface area contributed by atoms with Crippen LogP contribution in [0.4, 0.5) is 5.69 Å². The van der Waals surface area contributed by atoms with Crippen LogP contribution in [0.25, 0.3) is 0 Å². The molecule has 10 heteroatoms. The highest BCUT2D eigenvalue weighted by Crippen LogP contribution is 2.30. The number of nitrogens with one attached hydrogen (secondary N) is 1. The van der Waals surface area contributed by atoms with Gasteiger partial charge in [0.2, 0.25) is 11.8 Å². The van der Waals surface area contributed by atoms with Crippen LogP contribution in [0.1, 0.15) is 43.9 Å². The highest BCUT2D eigenvalue weighted by Gasteiger charge is 2.34. The quantitative estimate of drug-likeness (QED) is 0.255. The first-order chi connectivity index (χ1) is 19.4. The van der Waals surface area contributed by atoms with E-state index in [0.717, 1.165) is 9.87 Å². The molecule has 0 unspecified atom stereocenters. The third-order valence-corrected chi connectivity index (χ3v) is 9.19. The van der Waals surface area contributed by atoms with Crippen LogP contribution in [0.5, 0.6) is 0 Å². The van der Waals surface area contributed by atoms with Crippen molar-refractivity contribution >= 4 is 50.7 Å². The van der Waals surface area contributed by atoms with E-state index in [1.165, 1.54) is 17.0 Å². The van der Waals surface area contributed by atoms with Crippen molar-refractivity contribution < 1.29 is 18.0 Å². The molecule has 0 aliphatic rings. The van der Waals surface area contributed by atoms with Gasteiger partial charge in [-0.1, -0.05) is 80.4 Å². The van der Waals surface area contributed by atoms with Gasteiger partial charge < -0.3 is 10.2 Å². The maximum atomic E-state index is 14.2. The van der Waals surface area contributed by atoms with Crippen LogP contribution >= 0.6 is 23.2 Å². The molecule has 220 valence electrons. The lowest BCUT2D eigenvalue weighted by atomic mass is 10.1. The number of carbonyl (C=O) groups is 2. The average molecular weight is 619 g/mol. The molecule has 0 saturated carbocycles. The largest absolute Gasteiger partial charge is 0.354 e. The van der Waals surface area contributed by atoms with Crippen LogP contribution in [0.15, 0.2) is 71.6 Å². The lowest BCUT2D eigenvalue weighted by Gasteiger charge is -2.34. The number of sulfonamides is 1. The van der Waals surface area contributed by atoms with Gasteiger partial charge in [-0.15, -0.1) is 0 Å². The molecule has 0 fully saturated rings. The van der Waals surface area contributed by atoms with Crippen LogP contribution < -0.4 is 9.62 Å². The molecule has 0 saturated heterocycles. The summed E-state index contributed by atoms with van der Waals surface area (Å²) in [4.78, 5) is 29.0. The van der Waals surface area contributed by atoms with Crippen molar-refractivity contribution in [2.75, 3.05) is 17.4 Å². The Bertz CT molecular complexity index is 1460. The van der Waals surface area contributed by atoms with Crippen molar-refractivity contribution in [2.45, 2.75) is 58.5 Å². The van der Waals surface area contributed by atoms with Crippen molar-refractivity contribution in [3.8, 4) is 0 Å². The van der Waals surface area contributed by atoms with Gasteiger partial charge in [-0.25, -0.2) is 8.42 Å². The molecule has 1 N–H and O–H groups in total. The van der Waals surface area contributed by atoms with Crippen LogP contribution in [-0.4, -0.2) is 44.3 Å². The van der Waals surface area contributed by atoms with E-state index >= 15 is 0 Å². The smallest absolute Gasteiger partial charge is 0.264 e. The van der Waals surface area contributed by atoms with Crippen molar-refractivity contribution in [3.63, 3.8) is 0 Å². The third kappa shape index (κ3) is 8.03. The van der Waals surface area contributed by atoms with Crippen molar-refractivity contribution in [1.29, 1.82) is 0 Å². The van der Waals surface area contributed by atoms with E-state index in [4.69, 9.17) is 23.2 Å². The van der Waals surface area contributed by atoms with Crippen LogP contribution in [0, 0.1) is 19.8 Å². The fourth-order valence-electron chi connectivity index (χ4n) is 4.42. The van der Waals surface area contributed by atoms with Crippen molar-refractivity contribution in [1.82, 2.24) is 10.2 Å². The SMILES string of the molecule is CC[C@@H](C(=O)NCC(C)C)N(Cc1c(Cl)cccc1Cl)C(=O)CN(c1cc(C)ccc1C)S(=O)(=O)c1ccccc1. The number of carbonyl (C=O) groups excluding carboxylic acids is 2. The van der Waals surface area contributed by atoms with Gasteiger partial charge in [-0.05, 0) is 67.6 Å². The molecule has 3 aromatic rings. The minimum Gasteiger partial charge on any atom is -0.354 e. The van der Waals surface area contributed by atoms with Gasteiger partial charge in [0.15, 0.2) is 0 Å². The molecule has 0 radical (unpaired) electrons. The predicted octanol–water partition coefficient (Wildman–Crippen LogP) is 6.39. The zero-order valence-corrected chi connectivity index (χ0v) is 26.4. The summed E-state index contributed by atoms with van der Waals surface area (Å²) in [6.45, 7) is 9.24. The lowest BCUT2D eigenvalue weighted by molar-refractivity contribution is -0.140. The molecular weight excluding hydrogens is 581 g/mol. The minimum absolute atomic E-state index is 0.0520. The standard InChI is InChI=1S/C31H37Cl2N3O4S/c1-6-28(31(38)34-18-21(2)3)35(19-25-26(32)13-10-14-27(25)33)30(37)20-36(29-17-22(4)15-16-23(29)5)41(39,40)24-11-8-7-9-12-24/h7-17,21,28H,6,18-20H2,1-5H3,(H,34,38)/t28-/m0/s1. The van der Waals surface area contributed by atoms with Gasteiger partial charge in [0.1, 0.15) is 12.6 Å². The van der Waals surface area contributed by atoms with Crippen LogP contribution in [0.3, 0.4) is 0 Å². The first kappa shape index (κ1) is 32.4. The summed E-state index contributed by atoms with van der Waals surface area (Å²) in [5, 5.41) is 3.60. The second-order valence-corrected chi connectivity index (χ2v) is 13.1. The summed E-state index contributed by atoms with van der Waals surface area (Å²) in [7, 11) is -4.15. The number of halogens is 2. The Labute approximate surface area is 253 Å². The molecular formula is C31H37Cl2N3O4S. The number of amides is 2. The van der Waals surface area contributed by atoms with E-state index < -0.39 is 28.5 Å². The molecule has 41 heavy (non-hydrogen) atoms. The highest BCUT2D eigenvalue weighted by molar-refractivity contribution is 7.92. The number of rotatable bonds is 12. The second-order valence-electron chi connectivity index (χ2n) is 10.4. The Hall–Kier alpha value is -3.07. The van der Waals surface area contributed by atoms with Gasteiger partial charge in [0, 0.05) is 28.7 Å². The number of benzene rings is 3. The minimum atomic E-state index is -4.15. The number of nitrogens with zero attached hydrogens (tertiary/aromatic N) is 2. The zero-order valence-electron chi connectivity index (χ0n) is 24.0. The van der Waals surface area contributed by atoms with Crippen LogP contribution in [0.2, 0.25) is 10.0 Å². The molecule has 0 aliphatic carbocycles. The normalized spacial score (nSPS) is 12.2. The van der Waals surface area contributed by atoms with Crippen LogP contribution in [-0.2, 0) is 26.2 Å². The highest BCUT2D eigenvalue weighted by atomic mass is 35.5. The van der Waals surface area contributed by atoms with Gasteiger partial charge >= 0.3 is 0 Å². The Kier molecular flexibility index (Phi) is 11.2. The molecule has 0 spiro atoms. The number of hydrogen-bond acceptors (Lipinski definition) is 4. The molecule has 2 amide bonds. The average Bonchev–Trinajstić information content (AvgIpc) is 2.93. The van der Waals surface area contributed by atoms with Gasteiger partial charge in [0.05, 0.1) is 10.6 Å². The Morgan fingerprint density at radius 3 is 2.15 bits per heavy atom. The van der Waals surface area contributed by atoms with Gasteiger partial charge in [0.25, 0.3) is 10.0 Å². The Morgan fingerprint density at radius 1 is 0.927 bits per heavy atom. The number of hydrogen-bond donors (Lipinski definition) is 1. The summed E-state index contributed by atoms with van der Waals surface area (Å²) in [5.74, 6) is -0.690. The molecule has 3 aromatic carbocycles. The Balaban J connectivity index is 2.12. The fourth-order valence-corrected chi connectivity index (χ4v) is 6.43. The van der Waals surface area contributed by atoms with Crippen molar-refractivity contribution in [2.24, 2.45) is 5.92 Å². The van der Waals surface area contributed by atoms with E-state index in [1.54, 1.807) is 56.3 Å². The van der Waals surface area contributed by atoms with Gasteiger partial charge in [-0.3, -0.25) is 13.9 Å².